The zero-order valence-electron chi connectivity index (χ0n) is 23.2. The number of para-hydroxylation sites is 2. The van der Waals surface area contributed by atoms with Gasteiger partial charge >= 0.3 is 0 Å². The van der Waals surface area contributed by atoms with E-state index in [1.807, 2.05) is 24.3 Å². The van der Waals surface area contributed by atoms with Gasteiger partial charge in [-0.25, -0.2) is 0 Å². The predicted molar refractivity (Wildman–Crippen MR) is 179 cm³/mol. The fourth-order valence-electron chi connectivity index (χ4n) is 6.44. The fraction of sp³-hybridized carbons (Fsp3) is 0. The van der Waals surface area contributed by atoms with Crippen molar-refractivity contribution >= 4 is 71.7 Å². The molecule has 2 aromatic heterocycles. The van der Waals surface area contributed by atoms with Crippen molar-refractivity contribution in [1.29, 1.82) is 0 Å². The van der Waals surface area contributed by atoms with Gasteiger partial charge in [0.05, 0.1) is 0 Å². The van der Waals surface area contributed by atoms with E-state index < -0.39 is 0 Å². The lowest BCUT2D eigenvalue weighted by Gasteiger charge is -2.26. The van der Waals surface area contributed by atoms with E-state index in [1.165, 1.54) is 16.5 Å². The van der Waals surface area contributed by atoms with Gasteiger partial charge in [0, 0.05) is 44.7 Å². The maximum absolute atomic E-state index is 6.32. The standard InChI is InChI=1S/C40H25NO2/c1-2-9-26(10-3-1)27-11-8-12-29(23-27)41(31-19-21-34-33-13-4-6-15-36(33)43-39(34)25-31)30-18-20-32-28(24-30)17-22-38-40(32)35-14-5-7-16-37(35)42-38/h1-25H. The van der Waals surface area contributed by atoms with Crippen molar-refractivity contribution in [2.75, 3.05) is 4.90 Å². The van der Waals surface area contributed by atoms with Crippen molar-refractivity contribution in [1.82, 2.24) is 0 Å². The largest absolute Gasteiger partial charge is 0.456 e. The maximum atomic E-state index is 6.32. The molecule has 7 aromatic carbocycles. The summed E-state index contributed by atoms with van der Waals surface area (Å²) < 4.78 is 12.5. The summed E-state index contributed by atoms with van der Waals surface area (Å²) >= 11 is 0. The Kier molecular flexibility index (Phi) is 5.20. The molecule has 0 atom stereocenters. The Bertz CT molecular complexity index is 2470. The Morgan fingerprint density at radius 2 is 0.977 bits per heavy atom. The van der Waals surface area contributed by atoms with Crippen LogP contribution < -0.4 is 4.90 Å². The average Bonchev–Trinajstić information content (AvgIpc) is 3.64. The first-order valence-electron chi connectivity index (χ1n) is 14.5. The number of fused-ring (bicyclic) bond motifs is 8. The highest BCUT2D eigenvalue weighted by Crippen LogP contribution is 2.42. The molecular weight excluding hydrogens is 526 g/mol. The number of furan rings is 2. The molecule has 202 valence electrons. The molecule has 0 fully saturated rings. The van der Waals surface area contributed by atoms with Gasteiger partial charge in [-0.05, 0) is 76.5 Å². The third kappa shape index (κ3) is 3.83. The van der Waals surface area contributed by atoms with Crippen LogP contribution in [0, 0.1) is 0 Å². The second kappa shape index (κ2) is 9.37. The minimum absolute atomic E-state index is 0.871. The molecule has 0 amide bonds. The Balaban J connectivity index is 1.26. The molecule has 0 aliphatic carbocycles. The SMILES string of the molecule is c1ccc(-c2cccc(N(c3ccc4c(ccc5oc6ccccc6c54)c3)c3ccc4c(c3)oc3ccccc34)c2)cc1. The van der Waals surface area contributed by atoms with Gasteiger partial charge in [-0.1, -0.05) is 91.0 Å². The summed E-state index contributed by atoms with van der Waals surface area (Å²) in [5.41, 5.74) is 9.11. The van der Waals surface area contributed by atoms with Crippen LogP contribution in [0.25, 0.3) is 65.8 Å². The van der Waals surface area contributed by atoms with Gasteiger partial charge in [0.1, 0.15) is 22.3 Å². The third-order valence-electron chi connectivity index (χ3n) is 8.43. The number of benzene rings is 7. The topological polar surface area (TPSA) is 29.5 Å². The summed E-state index contributed by atoms with van der Waals surface area (Å²) in [4.78, 5) is 2.32. The maximum Gasteiger partial charge on any atom is 0.137 e. The van der Waals surface area contributed by atoms with Crippen molar-refractivity contribution in [3.8, 4) is 11.1 Å². The van der Waals surface area contributed by atoms with Crippen molar-refractivity contribution < 1.29 is 8.83 Å². The van der Waals surface area contributed by atoms with E-state index in [9.17, 15) is 0 Å². The summed E-state index contributed by atoms with van der Waals surface area (Å²) in [6.07, 6.45) is 0. The first-order valence-corrected chi connectivity index (χ1v) is 14.5. The Hall–Kier alpha value is -5.80. The van der Waals surface area contributed by atoms with Crippen LogP contribution in [-0.2, 0) is 0 Å². The zero-order chi connectivity index (χ0) is 28.3. The molecule has 3 nitrogen and oxygen atoms in total. The second-order valence-corrected chi connectivity index (χ2v) is 11.0. The molecule has 0 aliphatic heterocycles. The lowest BCUT2D eigenvalue weighted by atomic mass is 10.0. The minimum atomic E-state index is 0.871. The molecule has 43 heavy (non-hydrogen) atoms. The summed E-state index contributed by atoms with van der Waals surface area (Å²) in [6.45, 7) is 0. The van der Waals surface area contributed by atoms with Crippen molar-refractivity contribution in [2.24, 2.45) is 0 Å². The molecule has 9 aromatic rings. The summed E-state index contributed by atoms with van der Waals surface area (Å²) in [5.74, 6) is 0. The van der Waals surface area contributed by atoms with E-state index in [1.54, 1.807) is 0 Å². The van der Waals surface area contributed by atoms with E-state index in [4.69, 9.17) is 8.83 Å². The molecule has 2 heterocycles. The van der Waals surface area contributed by atoms with Crippen LogP contribution >= 0.6 is 0 Å². The molecule has 0 spiro atoms. The van der Waals surface area contributed by atoms with Gasteiger partial charge in [0.15, 0.2) is 0 Å². The highest BCUT2D eigenvalue weighted by atomic mass is 16.3. The van der Waals surface area contributed by atoms with Crippen LogP contribution in [0.3, 0.4) is 0 Å². The number of hydrogen-bond acceptors (Lipinski definition) is 3. The van der Waals surface area contributed by atoms with Gasteiger partial charge < -0.3 is 13.7 Å². The summed E-state index contributed by atoms with van der Waals surface area (Å²) in [7, 11) is 0. The van der Waals surface area contributed by atoms with E-state index >= 15 is 0 Å². The number of anilines is 3. The molecule has 0 aliphatic rings. The lowest BCUT2D eigenvalue weighted by Crippen LogP contribution is -2.10. The van der Waals surface area contributed by atoms with Crippen molar-refractivity contribution in [2.45, 2.75) is 0 Å². The monoisotopic (exact) mass is 551 g/mol. The molecule has 0 radical (unpaired) electrons. The van der Waals surface area contributed by atoms with E-state index in [0.29, 0.717) is 0 Å². The number of hydrogen-bond donors (Lipinski definition) is 0. The zero-order valence-corrected chi connectivity index (χ0v) is 23.2. The average molecular weight is 552 g/mol. The number of nitrogens with zero attached hydrogens (tertiary/aromatic N) is 1. The molecule has 0 N–H and O–H groups in total. The smallest absolute Gasteiger partial charge is 0.137 e. The number of rotatable bonds is 4. The van der Waals surface area contributed by atoms with E-state index in [2.05, 4.69) is 132 Å². The van der Waals surface area contributed by atoms with Crippen LogP contribution in [0.2, 0.25) is 0 Å². The lowest BCUT2D eigenvalue weighted by molar-refractivity contribution is 0.668. The first kappa shape index (κ1) is 23.9. The van der Waals surface area contributed by atoms with Gasteiger partial charge in [0.2, 0.25) is 0 Å². The third-order valence-corrected chi connectivity index (χ3v) is 8.43. The summed E-state index contributed by atoms with van der Waals surface area (Å²) in [6, 6.07) is 53.2. The van der Waals surface area contributed by atoms with Gasteiger partial charge in [-0.15, -0.1) is 0 Å². The van der Waals surface area contributed by atoms with Crippen LogP contribution in [0.15, 0.2) is 160 Å². The second-order valence-electron chi connectivity index (χ2n) is 11.0. The van der Waals surface area contributed by atoms with Crippen molar-refractivity contribution in [3.63, 3.8) is 0 Å². The van der Waals surface area contributed by atoms with E-state index in [0.717, 1.165) is 66.3 Å². The molecule has 0 unspecified atom stereocenters. The predicted octanol–water partition coefficient (Wildman–Crippen LogP) is 11.8. The van der Waals surface area contributed by atoms with E-state index in [-0.39, 0.29) is 0 Å². The Morgan fingerprint density at radius 3 is 1.84 bits per heavy atom. The van der Waals surface area contributed by atoms with Crippen molar-refractivity contribution in [3.05, 3.63) is 152 Å². The first-order chi connectivity index (χ1) is 21.3. The van der Waals surface area contributed by atoms with Gasteiger partial charge in [-0.3, -0.25) is 0 Å². The summed E-state index contributed by atoms with van der Waals surface area (Å²) in [5, 5.41) is 6.87. The fourth-order valence-corrected chi connectivity index (χ4v) is 6.44. The normalized spacial score (nSPS) is 11.7. The van der Waals surface area contributed by atoms with Crippen LogP contribution in [-0.4, -0.2) is 0 Å². The molecule has 9 rings (SSSR count). The molecule has 0 bridgehead atoms. The van der Waals surface area contributed by atoms with Gasteiger partial charge in [-0.2, -0.15) is 0 Å². The quantitative estimate of drug-likeness (QED) is 0.218. The molecular formula is C40H25NO2. The Labute approximate surface area is 247 Å². The van der Waals surface area contributed by atoms with Crippen LogP contribution in [0.1, 0.15) is 0 Å². The minimum Gasteiger partial charge on any atom is -0.456 e. The Morgan fingerprint density at radius 1 is 0.349 bits per heavy atom. The van der Waals surface area contributed by atoms with Gasteiger partial charge in [0.25, 0.3) is 0 Å². The highest BCUT2D eigenvalue weighted by molar-refractivity contribution is 6.19. The van der Waals surface area contributed by atoms with Crippen LogP contribution in [0.5, 0.6) is 0 Å². The van der Waals surface area contributed by atoms with Crippen LogP contribution in [0.4, 0.5) is 17.1 Å². The molecule has 0 saturated heterocycles. The molecule has 0 saturated carbocycles. The molecule has 3 heteroatoms. The highest BCUT2D eigenvalue weighted by Gasteiger charge is 2.18.